The number of piperidine rings is 1. The van der Waals surface area contributed by atoms with E-state index in [4.69, 9.17) is 26.2 Å². The number of nitrogens with zero attached hydrogens (tertiary/aromatic N) is 6. The number of likely N-dealkylation sites (tertiary alicyclic amines) is 1. The molecule has 2 fully saturated rings. The maximum atomic E-state index is 14.0. The van der Waals surface area contributed by atoms with Gasteiger partial charge in [0.2, 0.25) is 10.0 Å². The number of thiazole rings is 1. The fraction of sp³-hybridized carbons (Fsp3) is 0.429. The quantitative estimate of drug-likeness (QED) is 0.353. The average Bonchev–Trinajstić information content (AvgIpc) is 3.78. The highest BCUT2D eigenvalue weighted by Gasteiger charge is 2.42. The summed E-state index contributed by atoms with van der Waals surface area (Å²) in [4.78, 5) is 29.7. The normalized spacial score (nSPS) is 20.5. The van der Waals surface area contributed by atoms with Gasteiger partial charge < -0.3 is 9.80 Å². The second kappa shape index (κ2) is 14.4. The lowest BCUT2D eigenvalue weighted by Crippen LogP contribution is -2.42. The number of carbonyl (C=O) groups excluding carboxylic acids is 2. The molecule has 2 atom stereocenters. The number of amidine groups is 1. The van der Waals surface area contributed by atoms with E-state index in [9.17, 15) is 21.6 Å². The van der Waals surface area contributed by atoms with Gasteiger partial charge in [0.25, 0.3) is 0 Å². The molecule has 240 valence electrons. The van der Waals surface area contributed by atoms with Crippen LogP contribution in [0.4, 0.5) is 13.2 Å². The number of aliphatic imine (C=N–C) groups is 1. The molecular weight excluding hydrogens is 655 g/mol. The molecule has 17 heteroatoms. The number of halogens is 4. The zero-order valence-corrected chi connectivity index (χ0v) is 26.2. The van der Waals surface area contributed by atoms with E-state index in [0.29, 0.717) is 38.9 Å². The first-order valence-electron chi connectivity index (χ1n) is 14.1. The van der Waals surface area contributed by atoms with Crippen LogP contribution in [-0.2, 0) is 19.6 Å². The summed E-state index contributed by atoms with van der Waals surface area (Å²) in [7, 11) is -3.62. The number of aromatic nitrogens is 3. The van der Waals surface area contributed by atoms with Crippen molar-refractivity contribution in [3.8, 4) is 0 Å². The van der Waals surface area contributed by atoms with Crippen molar-refractivity contribution < 1.29 is 31.2 Å². The molecule has 0 saturated carbocycles. The Hall–Kier alpha value is -3.40. The Kier molecular flexibility index (Phi) is 10.5. The van der Waals surface area contributed by atoms with Crippen molar-refractivity contribution in [1.82, 2.24) is 29.3 Å². The van der Waals surface area contributed by atoms with Crippen LogP contribution in [-0.4, -0.2) is 82.9 Å². The standard InChI is InChI=1S/C27H29ClF3N7O2S2.CO2/c28-20-14-17(29)4-5-19(20)24-23(21-6-10-38(34-21)27(30)31)22-15-18(16-37(22)25(33-24)26-32-7-12-41-26)35-42(39,40)13-11-36-8-2-1-3-9-36;2-1-3/h4-7,10,12,14,18,24,27,35H,1-3,8-9,11,13,15-16H2;/t18-,24-;/m0./s1. The van der Waals surface area contributed by atoms with Gasteiger partial charge in [-0.15, -0.1) is 11.3 Å². The molecule has 3 aliphatic rings. The molecule has 0 aliphatic carbocycles. The van der Waals surface area contributed by atoms with Gasteiger partial charge in [0.15, 0.2) is 10.8 Å². The Morgan fingerprint density at radius 3 is 2.56 bits per heavy atom. The van der Waals surface area contributed by atoms with Gasteiger partial charge >= 0.3 is 12.7 Å². The minimum absolute atomic E-state index is 0.0184. The summed E-state index contributed by atoms with van der Waals surface area (Å²) in [6.45, 7) is -0.333. The van der Waals surface area contributed by atoms with Gasteiger partial charge in [0, 0.05) is 65.2 Å². The van der Waals surface area contributed by atoms with Crippen molar-refractivity contribution in [3.63, 3.8) is 0 Å². The van der Waals surface area contributed by atoms with Crippen molar-refractivity contribution in [2.45, 2.75) is 44.3 Å². The summed E-state index contributed by atoms with van der Waals surface area (Å²) < 4.78 is 70.9. The summed E-state index contributed by atoms with van der Waals surface area (Å²) in [5.41, 5.74) is 1.88. The van der Waals surface area contributed by atoms with E-state index in [2.05, 4.69) is 19.7 Å². The second-order valence-corrected chi connectivity index (χ2v) is 13.8. The van der Waals surface area contributed by atoms with Gasteiger partial charge in [-0.2, -0.15) is 23.5 Å². The second-order valence-electron chi connectivity index (χ2n) is 10.6. The number of benzene rings is 1. The average molecular weight is 684 g/mol. The summed E-state index contributed by atoms with van der Waals surface area (Å²) in [6, 6.07) is 4.10. The number of sulfonamides is 1. The number of hydrogen-bond donors (Lipinski definition) is 1. The third kappa shape index (κ3) is 7.71. The van der Waals surface area contributed by atoms with E-state index in [1.54, 1.807) is 11.6 Å². The van der Waals surface area contributed by atoms with E-state index in [1.165, 1.54) is 48.2 Å². The van der Waals surface area contributed by atoms with Crippen LogP contribution in [0.3, 0.4) is 0 Å². The van der Waals surface area contributed by atoms with E-state index < -0.39 is 34.5 Å². The maximum Gasteiger partial charge on any atom is 0.373 e. The first-order valence-corrected chi connectivity index (χ1v) is 17.0. The number of alkyl halides is 2. The van der Waals surface area contributed by atoms with Gasteiger partial charge in [-0.05, 0) is 44.1 Å². The Morgan fingerprint density at radius 2 is 1.91 bits per heavy atom. The molecule has 0 bridgehead atoms. The number of fused-ring (bicyclic) bond motifs is 1. The molecule has 11 nitrogen and oxygen atoms in total. The minimum atomic E-state index is -3.62. The van der Waals surface area contributed by atoms with E-state index in [-0.39, 0.29) is 35.6 Å². The summed E-state index contributed by atoms with van der Waals surface area (Å²) in [6.07, 6.45) is 6.64. The molecule has 3 aromatic rings. The number of hydrogen-bond acceptors (Lipinski definition) is 10. The topological polar surface area (TPSA) is 130 Å². The molecular formula is C28H29ClF3N7O4S2. The Morgan fingerprint density at radius 1 is 1.16 bits per heavy atom. The molecule has 1 N–H and O–H groups in total. The van der Waals surface area contributed by atoms with Crippen LogP contribution >= 0.6 is 22.9 Å². The summed E-state index contributed by atoms with van der Waals surface area (Å²) >= 11 is 7.87. The molecule has 0 spiro atoms. The van der Waals surface area contributed by atoms with Crippen LogP contribution in [0.15, 0.2) is 52.7 Å². The third-order valence-corrected chi connectivity index (χ3v) is 10.2. The van der Waals surface area contributed by atoms with Crippen LogP contribution in [0.1, 0.15) is 54.5 Å². The monoisotopic (exact) mass is 683 g/mol. The molecule has 2 saturated heterocycles. The van der Waals surface area contributed by atoms with Gasteiger partial charge in [0.1, 0.15) is 11.9 Å². The number of nitrogens with one attached hydrogen (secondary N) is 1. The fourth-order valence-corrected chi connectivity index (χ4v) is 7.97. The molecule has 6 rings (SSSR count). The highest BCUT2D eigenvalue weighted by Crippen LogP contribution is 2.46. The lowest BCUT2D eigenvalue weighted by molar-refractivity contribution is -0.191. The highest BCUT2D eigenvalue weighted by molar-refractivity contribution is 7.89. The molecule has 5 heterocycles. The van der Waals surface area contributed by atoms with Crippen molar-refractivity contribution in [1.29, 1.82) is 0 Å². The maximum absolute atomic E-state index is 14.0. The first-order chi connectivity index (χ1) is 21.6. The van der Waals surface area contributed by atoms with Crippen LogP contribution in [0, 0.1) is 5.82 Å². The van der Waals surface area contributed by atoms with E-state index in [0.717, 1.165) is 25.9 Å². The molecule has 0 radical (unpaired) electrons. The molecule has 2 aromatic heterocycles. The predicted octanol–water partition coefficient (Wildman–Crippen LogP) is 4.34. The van der Waals surface area contributed by atoms with Gasteiger partial charge in [-0.25, -0.2) is 27.2 Å². The third-order valence-electron chi connectivity index (χ3n) is 7.70. The molecule has 45 heavy (non-hydrogen) atoms. The van der Waals surface area contributed by atoms with Crippen molar-refractivity contribution >= 4 is 50.5 Å². The Labute approximate surface area is 266 Å². The predicted molar refractivity (Wildman–Crippen MR) is 161 cm³/mol. The molecule has 1 aromatic carbocycles. The zero-order valence-electron chi connectivity index (χ0n) is 23.8. The van der Waals surface area contributed by atoms with Crippen molar-refractivity contribution in [2.75, 3.05) is 31.9 Å². The van der Waals surface area contributed by atoms with E-state index in [1.807, 2.05) is 4.90 Å². The zero-order chi connectivity index (χ0) is 32.1. The lowest BCUT2D eigenvalue weighted by atomic mass is 9.92. The Balaban J connectivity index is 0.00000128. The fourth-order valence-electron chi connectivity index (χ4n) is 5.78. The van der Waals surface area contributed by atoms with Crippen molar-refractivity contribution in [2.24, 2.45) is 4.99 Å². The van der Waals surface area contributed by atoms with Crippen LogP contribution < -0.4 is 4.72 Å². The lowest BCUT2D eigenvalue weighted by Gasteiger charge is -2.32. The Bertz CT molecular complexity index is 1700. The molecule has 0 unspecified atom stereocenters. The highest BCUT2D eigenvalue weighted by atomic mass is 35.5. The number of rotatable bonds is 9. The molecule has 0 amide bonds. The van der Waals surface area contributed by atoms with Crippen LogP contribution in [0.5, 0.6) is 0 Å². The van der Waals surface area contributed by atoms with Gasteiger partial charge in [0.05, 0.1) is 11.4 Å². The van der Waals surface area contributed by atoms with Gasteiger partial charge in [-0.3, -0.25) is 4.99 Å². The van der Waals surface area contributed by atoms with Crippen LogP contribution in [0.2, 0.25) is 5.02 Å². The SMILES string of the molecule is O=C=O.O=S(=O)(CCN1CCCCC1)N[C@H]1CC2=C(c3ccn(C(F)F)n3)[C@H](c3ccc(F)cc3Cl)N=C(c3nccs3)N2C1. The first kappa shape index (κ1) is 33.0. The minimum Gasteiger partial charge on any atom is -0.326 e. The summed E-state index contributed by atoms with van der Waals surface area (Å²) in [5.74, 6) is -0.0473. The smallest absolute Gasteiger partial charge is 0.326 e. The van der Waals surface area contributed by atoms with E-state index >= 15 is 0 Å². The summed E-state index contributed by atoms with van der Waals surface area (Å²) in [5, 5.41) is 6.65. The van der Waals surface area contributed by atoms with Crippen LogP contribution in [0.25, 0.3) is 5.57 Å². The largest absolute Gasteiger partial charge is 0.373 e. The van der Waals surface area contributed by atoms with Gasteiger partial charge in [-0.1, -0.05) is 24.1 Å². The molecule has 3 aliphatic heterocycles. The van der Waals surface area contributed by atoms with Crippen molar-refractivity contribution in [3.05, 3.63) is 74.8 Å².